The molecule has 2 aromatic rings. The maximum absolute atomic E-state index is 13.4. The first-order chi connectivity index (χ1) is 14.9. The van der Waals surface area contributed by atoms with Gasteiger partial charge in [-0.1, -0.05) is 36.4 Å². The molecule has 0 aliphatic carbocycles. The van der Waals surface area contributed by atoms with Crippen LogP contribution >= 0.6 is 0 Å². The van der Waals surface area contributed by atoms with Crippen molar-refractivity contribution in [1.82, 2.24) is 9.03 Å². The van der Waals surface area contributed by atoms with E-state index in [-0.39, 0.29) is 29.9 Å². The summed E-state index contributed by atoms with van der Waals surface area (Å²) < 4.78 is 49.1. The highest BCUT2D eigenvalue weighted by Gasteiger charge is 2.42. The predicted molar refractivity (Wildman–Crippen MR) is 130 cm³/mol. The fourth-order valence-corrected chi connectivity index (χ4v) is 6.01. The van der Waals surface area contributed by atoms with E-state index in [0.717, 1.165) is 16.7 Å². The van der Waals surface area contributed by atoms with Crippen LogP contribution in [0.15, 0.2) is 60.0 Å². The van der Waals surface area contributed by atoms with Gasteiger partial charge in [0.15, 0.2) is 0 Å². The van der Waals surface area contributed by atoms with Crippen LogP contribution in [0.25, 0.3) is 5.57 Å². The molecule has 6 nitrogen and oxygen atoms in total. The normalized spacial score (nSPS) is 20.8. The summed E-state index contributed by atoms with van der Waals surface area (Å²) in [4.78, 5) is 0.256. The van der Waals surface area contributed by atoms with Crippen LogP contribution in [0.4, 0.5) is 0 Å². The Labute approximate surface area is 194 Å². The number of rotatable bonds is 7. The first kappa shape index (κ1) is 24.6. The van der Waals surface area contributed by atoms with E-state index >= 15 is 0 Å². The van der Waals surface area contributed by atoms with Crippen molar-refractivity contribution in [2.24, 2.45) is 5.92 Å². The molecule has 1 heterocycles. The Bertz CT molecular complexity index is 1110. The molecule has 1 unspecified atom stereocenters. The van der Waals surface area contributed by atoms with E-state index in [4.69, 9.17) is 4.74 Å². The van der Waals surface area contributed by atoms with Gasteiger partial charge in [-0.05, 0) is 63.1 Å². The highest BCUT2D eigenvalue weighted by Crippen LogP contribution is 2.35. The van der Waals surface area contributed by atoms with Gasteiger partial charge in [0.25, 0.3) is 0 Å². The van der Waals surface area contributed by atoms with Crippen molar-refractivity contribution in [3.05, 3.63) is 66.2 Å². The summed E-state index contributed by atoms with van der Waals surface area (Å²) >= 11 is 0. The first-order valence-corrected chi connectivity index (χ1v) is 13.1. The Morgan fingerprint density at radius 1 is 1.16 bits per heavy atom. The zero-order chi connectivity index (χ0) is 23.7. The summed E-state index contributed by atoms with van der Waals surface area (Å²) in [5.74, 6) is 0.460. The lowest BCUT2D eigenvalue weighted by Crippen LogP contribution is -2.44. The van der Waals surface area contributed by atoms with Crippen LogP contribution in [0.3, 0.4) is 0 Å². The van der Waals surface area contributed by atoms with Crippen LogP contribution < -0.4 is 9.46 Å². The molecule has 0 saturated carbocycles. The molecule has 2 aromatic carbocycles. The monoisotopic (exact) mass is 476 g/mol. The van der Waals surface area contributed by atoms with Gasteiger partial charge in [0, 0.05) is 25.0 Å². The molecule has 0 aromatic heterocycles. The SMILES string of the molecule is C=C(c1cccc(OC)c1)[C@H]1CN(S(=O)(=O)c2ccc(C)cc2)C[C@H]1NS(=O)C(C)(C)C. The maximum Gasteiger partial charge on any atom is 0.243 e. The van der Waals surface area contributed by atoms with E-state index in [0.29, 0.717) is 5.75 Å². The number of hydrogen-bond acceptors (Lipinski definition) is 4. The minimum atomic E-state index is -3.69. The summed E-state index contributed by atoms with van der Waals surface area (Å²) in [6.07, 6.45) is 0. The van der Waals surface area contributed by atoms with Crippen molar-refractivity contribution < 1.29 is 17.4 Å². The fraction of sp³-hybridized carbons (Fsp3) is 0.417. The van der Waals surface area contributed by atoms with Crippen molar-refractivity contribution in [1.29, 1.82) is 0 Å². The third kappa shape index (κ3) is 5.31. The molecular weight excluding hydrogens is 444 g/mol. The van der Waals surface area contributed by atoms with Crippen LogP contribution in [0.1, 0.15) is 31.9 Å². The fourth-order valence-electron chi connectivity index (χ4n) is 3.65. The molecule has 0 radical (unpaired) electrons. The number of aryl methyl sites for hydroxylation is 1. The van der Waals surface area contributed by atoms with Crippen molar-refractivity contribution in [3.8, 4) is 5.75 Å². The van der Waals surface area contributed by atoms with Crippen LogP contribution in [0.2, 0.25) is 0 Å². The Balaban J connectivity index is 1.94. The molecule has 3 rings (SSSR count). The zero-order valence-corrected chi connectivity index (χ0v) is 20.9. The molecule has 1 aliphatic rings. The van der Waals surface area contributed by atoms with Gasteiger partial charge in [0.05, 0.1) is 27.7 Å². The second-order valence-corrected chi connectivity index (χ2v) is 13.0. The quantitative estimate of drug-likeness (QED) is 0.660. The average Bonchev–Trinajstić information content (AvgIpc) is 3.17. The van der Waals surface area contributed by atoms with Gasteiger partial charge in [-0.15, -0.1) is 0 Å². The highest BCUT2D eigenvalue weighted by molar-refractivity contribution is 7.89. The van der Waals surface area contributed by atoms with E-state index in [1.807, 2.05) is 52.0 Å². The summed E-state index contributed by atoms with van der Waals surface area (Å²) in [7, 11) is -3.44. The Morgan fingerprint density at radius 3 is 2.41 bits per heavy atom. The molecular formula is C24H32N2O4S2. The van der Waals surface area contributed by atoms with Crippen LogP contribution in [-0.4, -0.2) is 47.9 Å². The van der Waals surface area contributed by atoms with Crippen molar-refractivity contribution in [3.63, 3.8) is 0 Å². The summed E-state index contributed by atoms with van der Waals surface area (Å²) in [6, 6.07) is 14.1. The van der Waals surface area contributed by atoms with Crippen molar-refractivity contribution in [2.75, 3.05) is 20.2 Å². The van der Waals surface area contributed by atoms with E-state index in [1.54, 1.807) is 31.4 Å². The molecule has 3 atom stereocenters. The number of hydrogen-bond donors (Lipinski definition) is 1. The third-order valence-electron chi connectivity index (χ3n) is 5.65. The lowest BCUT2D eigenvalue weighted by Gasteiger charge is -2.26. The second-order valence-electron chi connectivity index (χ2n) is 9.10. The number of methoxy groups -OCH3 is 1. The predicted octanol–water partition coefficient (Wildman–Crippen LogP) is 3.76. The van der Waals surface area contributed by atoms with Gasteiger partial charge in [0.2, 0.25) is 10.0 Å². The van der Waals surface area contributed by atoms with E-state index < -0.39 is 25.8 Å². The van der Waals surface area contributed by atoms with Crippen molar-refractivity contribution >= 4 is 26.6 Å². The number of ether oxygens (including phenoxy) is 1. The van der Waals surface area contributed by atoms with Gasteiger partial charge >= 0.3 is 0 Å². The summed E-state index contributed by atoms with van der Waals surface area (Å²) in [5, 5.41) is 0. The maximum atomic E-state index is 13.4. The molecule has 0 bridgehead atoms. The number of benzene rings is 2. The van der Waals surface area contributed by atoms with E-state index in [2.05, 4.69) is 11.3 Å². The van der Waals surface area contributed by atoms with E-state index in [9.17, 15) is 12.6 Å². The Hall–Kier alpha value is -2.00. The number of nitrogens with zero attached hydrogens (tertiary/aromatic N) is 1. The Morgan fingerprint density at radius 2 is 1.81 bits per heavy atom. The van der Waals surface area contributed by atoms with Gasteiger partial charge < -0.3 is 4.74 Å². The lowest BCUT2D eigenvalue weighted by atomic mass is 9.90. The minimum absolute atomic E-state index is 0.214. The zero-order valence-electron chi connectivity index (χ0n) is 19.3. The van der Waals surface area contributed by atoms with Gasteiger partial charge in [-0.2, -0.15) is 4.31 Å². The molecule has 1 saturated heterocycles. The van der Waals surface area contributed by atoms with Gasteiger partial charge in [-0.25, -0.2) is 17.3 Å². The molecule has 174 valence electrons. The van der Waals surface area contributed by atoms with E-state index in [1.165, 1.54) is 4.31 Å². The summed E-state index contributed by atoms with van der Waals surface area (Å²) in [6.45, 7) is 12.3. The molecule has 0 amide bonds. The number of nitrogens with one attached hydrogen (secondary N) is 1. The standard InChI is InChI=1S/C24H32N2O4S2/c1-17-10-12-21(13-11-17)32(28,29)26-15-22(23(16-26)25-31(27)24(3,4)5)18(2)19-8-7-9-20(14-19)30-6/h7-14,22-23,25H,2,15-16H2,1,3-6H3/t22-,23-,31?/m1/s1. The van der Waals surface area contributed by atoms with Gasteiger partial charge in [0.1, 0.15) is 5.75 Å². The Kier molecular flexibility index (Phi) is 7.29. The van der Waals surface area contributed by atoms with Crippen LogP contribution in [0.5, 0.6) is 5.75 Å². The molecule has 0 spiro atoms. The largest absolute Gasteiger partial charge is 0.497 e. The number of sulfonamides is 1. The topological polar surface area (TPSA) is 75.7 Å². The molecule has 32 heavy (non-hydrogen) atoms. The highest BCUT2D eigenvalue weighted by atomic mass is 32.2. The molecule has 8 heteroatoms. The molecule has 1 aliphatic heterocycles. The van der Waals surface area contributed by atoms with Crippen LogP contribution in [-0.2, 0) is 21.0 Å². The summed E-state index contributed by atoms with van der Waals surface area (Å²) in [5.41, 5.74) is 2.65. The van der Waals surface area contributed by atoms with Crippen molar-refractivity contribution in [2.45, 2.75) is 43.4 Å². The average molecular weight is 477 g/mol. The van der Waals surface area contributed by atoms with Gasteiger partial charge in [-0.3, -0.25) is 0 Å². The smallest absolute Gasteiger partial charge is 0.243 e. The van der Waals surface area contributed by atoms with Crippen LogP contribution in [0, 0.1) is 12.8 Å². The molecule has 1 fully saturated rings. The third-order valence-corrected chi connectivity index (χ3v) is 9.12. The lowest BCUT2D eigenvalue weighted by molar-refractivity contribution is 0.414. The first-order valence-electron chi connectivity index (χ1n) is 10.5. The molecule has 1 N–H and O–H groups in total. The second kappa shape index (κ2) is 9.47. The minimum Gasteiger partial charge on any atom is -0.497 e.